The minimum Gasteiger partial charge on any atom is -0.480 e. The molecule has 2 rings (SSSR count). The van der Waals surface area contributed by atoms with Crippen LogP contribution in [0.15, 0.2) is 53.0 Å². The molecule has 2 N–H and O–H groups in total. The number of halogens is 2. The molecule has 0 bridgehead atoms. The summed E-state index contributed by atoms with van der Waals surface area (Å²) in [4.78, 5) is 11.3. The number of carbonyl (C=O) groups is 1. The van der Waals surface area contributed by atoms with E-state index in [4.69, 9.17) is 11.6 Å². The van der Waals surface area contributed by atoms with Gasteiger partial charge in [-0.05, 0) is 39.2 Å². The molecule has 0 amide bonds. The van der Waals surface area contributed by atoms with Crippen molar-refractivity contribution in [3.05, 3.63) is 69.2 Å². The van der Waals surface area contributed by atoms with E-state index in [1.807, 2.05) is 36.4 Å². The summed E-state index contributed by atoms with van der Waals surface area (Å²) in [6.45, 7) is 0.429. The summed E-state index contributed by atoms with van der Waals surface area (Å²) in [7, 11) is 0. The summed E-state index contributed by atoms with van der Waals surface area (Å²) in [5.74, 6) is -0.903. The highest BCUT2D eigenvalue weighted by molar-refractivity contribution is 9.10. The van der Waals surface area contributed by atoms with Crippen LogP contribution >= 0.6 is 27.5 Å². The van der Waals surface area contributed by atoms with Gasteiger partial charge in [-0.1, -0.05) is 48.0 Å². The Kier molecular flexibility index (Phi) is 5.17. The Morgan fingerprint density at radius 1 is 1.25 bits per heavy atom. The van der Waals surface area contributed by atoms with Crippen molar-refractivity contribution in [2.75, 3.05) is 0 Å². The summed E-state index contributed by atoms with van der Waals surface area (Å²) in [6, 6.07) is 13.9. The average Bonchev–Trinajstić information content (AvgIpc) is 2.44. The minimum absolute atomic E-state index is 0.429. The molecule has 0 aromatic heterocycles. The van der Waals surface area contributed by atoms with Crippen molar-refractivity contribution in [1.29, 1.82) is 0 Å². The Morgan fingerprint density at radius 2 is 1.95 bits per heavy atom. The summed E-state index contributed by atoms with van der Waals surface area (Å²) in [5, 5.41) is 12.9. The van der Waals surface area contributed by atoms with E-state index in [0.29, 0.717) is 11.6 Å². The van der Waals surface area contributed by atoms with Crippen molar-refractivity contribution in [2.45, 2.75) is 12.6 Å². The summed E-state index contributed by atoms with van der Waals surface area (Å²) in [5.41, 5.74) is 1.66. The second-order valence-electron chi connectivity index (χ2n) is 4.31. The van der Waals surface area contributed by atoms with Gasteiger partial charge < -0.3 is 5.11 Å². The lowest BCUT2D eigenvalue weighted by atomic mass is 10.1. The van der Waals surface area contributed by atoms with E-state index in [1.54, 1.807) is 12.1 Å². The fourth-order valence-corrected chi connectivity index (χ4v) is 2.31. The fourth-order valence-electron chi connectivity index (χ4n) is 1.86. The predicted molar refractivity (Wildman–Crippen MR) is 82.8 cm³/mol. The van der Waals surface area contributed by atoms with Crippen LogP contribution < -0.4 is 5.32 Å². The maximum absolute atomic E-state index is 11.3. The van der Waals surface area contributed by atoms with Gasteiger partial charge in [0.2, 0.25) is 0 Å². The Labute approximate surface area is 130 Å². The predicted octanol–water partition coefficient (Wildman–Crippen LogP) is 4.02. The monoisotopic (exact) mass is 353 g/mol. The molecule has 104 valence electrons. The van der Waals surface area contributed by atoms with E-state index in [2.05, 4.69) is 21.2 Å². The number of benzene rings is 2. The van der Waals surface area contributed by atoms with E-state index in [1.165, 1.54) is 0 Å². The molecule has 0 aliphatic heterocycles. The molecule has 2 aromatic rings. The molecule has 0 spiro atoms. The normalized spacial score (nSPS) is 12.1. The van der Waals surface area contributed by atoms with Gasteiger partial charge in [-0.15, -0.1) is 0 Å². The minimum atomic E-state index is -0.903. The van der Waals surface area contributed by atoms with Crippen LogP contribution in [-0.4, -0.2) is 11.1 Å². The van der Waals surface area contributed by atoms with Gasteiger partial charge in [0.15, 0.2) is 0 Å². The first kappa shape index (κ1) is 15.0. The van der Waals surface area contributed by atoms with E-state index in [9.17, 15) is 9.90 Å². The van der Waals surface area contributed by atoms with Crippen molar-refractivity contribution in [3.8, 4) is 0 Å². The lowest BCUT2D eigenvalue weighted by molar-refractivity contribution is -0.139. The van der Waals surface area contributed by atoms with Crippen LogP contribution in [0.5, 0.6) is 0 Å². The van der Waals surface area contributed by atoms with E-state index in [-0.39, 0.29) is 0 Å². The highest BCUT2D eigenvalue weighted by Crippen LogP contribution is 2.23. The maximum Gasteiger partial charge on any atom is 0.325 e. The molecule has 20 heavy (non-hydrogen) atoms. The first-order valence-corrected chi connectivity index (χ1v) is 7.20. The first-order chi connectivity index (χ1) is 9.58. The van der Waals surface area contributed by atoms with Crippen LogP contribution in [0.4, 0.5) is 0 Å². The van der Waals surface area contributed by atoms with E-state index >= 15 is 0 Å². The van der Waals surface area contributed by atoms with Gasteiger partial charge >= 0.3 is 5.97 Å². The summed E-state index contributed by atoms with van der Waals surface area (Å²) < 4.78 is 0.820. The van der Waals surface area contributed by atoms with E-state index in [0.717, 1.165) is 15.6 Å². The van der Waals surface area contributed by atoms with E-state index < -0.39 is 12.0 Å². The van der Waals surface area contributed by atoms with Crippen molar-refractivity contribution in [1.82, 2.24) is 5.32 Å². The molecule has 0 saturated heterocycles. The third-order valence-electron chi connectivity index (χ3n) is 2.87. The third kappa shape index (κ3) is 3.82. The summed E-state index contributed by atoms with van der Waals surface area (Å²) in [6.07, 6.45) is 0. The number of nitrogens with one attached hydrogen (secondary N) is 1. The number of aliphatic carboxylic acids is 1. The molecule has 0 fully saturated rings. The number of carboxylic acids is 1. The molecule has 0 aliphatic carbocycles. The zero-order valence-corrected chi connectivity index (χ0v) is 12.9. The standard InChI is InChI=1S/C15H13BrClNO2/c16-12-7-6-10(8-13(12)17)9-18-14(15(19)20)11-4-2-1-3-5-11/h1-8,14,18H,9H2,(H,19,20). The molecule has 2 aromatic carbocycles. The Morgan fingerprint density at radius 3 is 2.55 bits per heavy atom. The zero-order valence-electron chi connectivity index (χ0n) is 10.5. The Balaban J connectivity index is 2.10. The topological polar surface area (TPSA) is 49.3 Å². The fraction of sp³-hybridized carbons (Fsp3) is 0.133. The van der Waals surface area contributed by atoms with Gasteiger partial charge in [-0.2, -0.15) is 0 Å². The Hall–Kier alpha value is -1.36. The van der Waals surface area contributed by atoms with Crippen molar-refractivity contribution in [3.63, 3.8) is 0 Å². The largest absolute Gasteiger partial charge is 0.480 e. The maximum atomic E-state index is 11.3. The molecule has 5 heteroatoms. The number of hydrogen-bond acceptors (Lipinski definition) is 2. The van der Waals surface area contributed by atoms with Crippen LogP contribution in [0.1, 0.15) is 17.2 Å². The molecule has 1 unspecified atom stereocenters. The van der Waals surface area contributed by atoms with Crippen LogP contribution in [-0.2, 0) is 11.3 Å². The zero-order chi connectivity index (χ0) is 14.5. The second kappa shape index (κ2) is 6.88. The smallest absolute Gasteiger partial charge is 0.325 e. The van der Waals surface area contributed by atoms with Crippen LogP contribution in [0.25, 0.3) is 0 Å². The SMILES string of the molecule is O=C(O)C(NCc1ccc(Br)c(Cl)c1)c1ccccc1. The first-order valence-electron chi connectivity index (χ1n) is 6.03. The number of carboxylic acid groups (broad SMARTS) is 1. The lowest BCUT2D eigenvalue weighted by Gasteiger charge is -2.15. The highest BCUT2D eigenvalue weighted by Gasteiger charge is 2.18. The number of hydrogen-bond donors (Lipinski definition) is 2. The second-order valence-corrected chi connectivity index (χ2v) is 5.57. The van der Waals surface area contributed by atoms with Gasteiger partial charge in [0.05, 0.1) is 5.02 Å². The van der Waals surface area contributed by atoms with Gasteiger partial charge in [0.25, 0.3) is 0 Å². The quantitative estimate of drug-likeness (QED) is 0.852. The lowest BCUT2D eigenvalue weighted by Crippen LogP contribution is -2.28. The molecule has 0 radical (unpaired) electrons. The third-order valence-corrected chi connectivity index (χ3v) is 4.11. The number of rotatable bonds is 5. The van der Waals surface area contributed by atoms with Crippen molar-refractivity contribution in [2.24, 2.45) is 0 Å². The molecular formula is C15H13BrClNO2. The molecular weight excluding hydrogens is 342 g/mol. The average molecular weight is 355 g/mol. The van der Waals surface area contributed by atoms with Gasteiger partial charge in [0, 0.05) is 11.0 Å². The molecule has 0 saturated carbocycles. The van der Waals surface area contributed by atoms with Crippen LogP contribution in [0, 0.1) is 0 Å². The van der Waals surface area contributed by atoms with Gasteiger partial charge in [-0.25, -0.2) is 0 Å². The van der Waals surface area contributed by atoms with Gasteiger partial charge in [-0.3, -0.25) is 10.1 Å². The molecule has 0 aliphatic rings. The molecule has 3 nitrogen and oxygen atoms in total. The van der Waals surface area contributed by atoms with Gasteiger partial charge in [0.1, 0.15) is 6.04 Å². The molecule has 1 atom stereocenters. The highest BCUT2D eigenvalue weighted by atomic mass is 79.9. The van der Waals surface area contributed by atoms with Crippen LogP contribution in [0.3, 0.4) is 0 Å². The Bertz CT molecular complexity index is 604. The summed E-state index contributed by atoms with van der Waals surface area (Å²) >= 11 is 9.34. The van der Waals surface area contributed by atoms with Crippen molar-refractivity contribution < 1.29 is 9.90 Å². The van der Waals surface area contributed by atoms with Crippen molar-refractivity contribution >= 4 is 33.5 Å². The van der Waals surface area contributed by atoms with Crippen LogP contribution in [0.2, 0.25) is 5.02 Å². The molecule has 0 heterocycles.